The number of benzene rings is 2. The van der Waals surface area contributed by atoms with E-state index in [1.54, 1.807) is 0 Å². The number of ether oxygens (including phenoxy) is 1. The Labute approximate surface area is 126 Å². The summed E-state index contributed by atoms with van der Waals surface area (Å²) in [6.45, 7) is 9.16. The Hall–Kier alpha value is -1.80. The predicted molar refractivity (Wildman–Crippen MR) is 84.9 cm³/mol. The smallest absolute Gasteiger partial charge is 0.123 e. The molecule has 0 fully saturated rings. The topological polar surface area (TPSA) is 29.5 Å². The van der Waals surface area contributed by atoms with Gasteiger partial charge in [0.1, 0.15) is 11.9 Å². The van der Waals surface area contributed by atoms with Gasteiger partial charge in [-0.25, -0.2) is 0 Å². The van der Waals surface area contributed by atoms with Gasteiger partial charge < -0.3 is 9.84 Å². The van der Waals surface area contributed by atoms with E-state index in [4.69, 9.17) is 4.74 Å². The van der Waals surface area contributed by atoms with Crippen LogP contribution in [-0.4, -0.2) is 11.7 Å². The molecular formula is C19H22O2. The average Bonchev–Trinajstić information content (AvgIpc) is 2.72. The molecule has 0 radical (unpaired) electrons. The highest BCUT2D eigenvalue weighted by Gasteiger charge is 2.32. The summed E-state index contributed by atoms with van der Waals surface area (Å²) in [5, 5.41) is 10.7. The highest BCUT2D eigenvalue weighted by Crippen LogP contribution is 2.40. The van der Waals surface area contributed by atoms with Gasteiger partial charge >= 0.3 is 0 Å². The molecule has 1 unspecified atom stereocenters. The van der Waals surface area contributed by atoms with Gasteiger partial charge in [-0.1, -0.05) is 49.2 Å². The first-order valence-electron chi connectivity index (χ1n) is 7.40. The van der Waals surface area contributed by atoms with E-state index in [2.05, 4.69) is 39.8 Å². The van der Waals surface area contributed by atoms with E-state index in [0.29, 0.717) is 6.61 Å². The molecule has 1 heterocycles. The molecule has 1 aliphatic heterocycles. The summed E-state index contributed by atoms with van der Waals surface area (Å²) >= 11 is 0. The molecule has 3 rings (SSSR count). The van der Waals surface area contributed by atoms with Crippen LogP contribution in [0.5, 0.6) is 5.75 Å². The van der Waals surface area contributed by atoms with Gasteiger partial charge in [-0.05, 0) is 37.1 Å². The SMILES string of the molecule is Cc1cc(C)cc(C(O)c2ccc3c(c2)C(C)(C)CO3)c1. The van der Waals surface area contributed by atoms with Gasteiger partial charge in [0, 0.05) is 11.0 Å². The van der Waals surface area contributed by atoms with Gasteiger partial charge in [-0.3, -0.25) is 0 Å². The third-order valence-corrected chi connectivity index (χ3v) is 4.20. The summed E-state index contributed by atoms with van der Waals surface area (Å²) < 4.78 is 5.71. The lowest BCUT2D eigenvalue weighted by Crippen LogP contribution is -2.18. The van der Waals surface area contributed by atoms with Crippen molar-refractivity contribution in [3.63, 3.8) is 0 Å². The number of hydrogen-bond acceptors (Lipinski definition) is 2. The predicted octanol–water partition coefficient (Wildman–Crippen LogP) is 4.06. The highest BCUT2D eigenvalue weighted by atomic mass is 16.5. The Balaban J connectivity index is 2.01. The van der Waals surface area contributed by atoms with E-state index in [1.807, 2.05) is 24.3 Å². The Morgan fingerprint density at radius 3 is 2.33 bits per heavy atom. The van der Waals surface area contributed by atoms with Crippen molar-refractivity contribution in [3.8, 4) is 5.75 Å². The highest BCUT2D eigenvalue weighted by molar-refractivity contribution is 5.47. The molecule has 1 N–H and O–H groups in total. The molecule has 2 aromatic carbocycles. The normalized spacial score (nSPS) is 17.2. The third kappa shape index (κ3) is 2.56. The molecule has 0 aromatic heterocycles. The van der Waals surface area contributed by atoms with Gasteiger partial charge in [0.25, 0.3) is 0 Å². The van der Waals surface area contributed by atoms with Crippen molar-refractivity contribution < 1.29 is 9.84 Å². The van der Waals surface area contributed by atoms with Crippen LogP contribution < -0.4 is 4.74 Å². The minimum atomic E-state index is -0.592. The Morgan fingerprint density at radius 2 is 1.67 bits per heavy atom. The number of aliphatic hydroxyl groups is 1. The Bertz CT molecular complexity index is 666. The third-order valence-electron chi connectivity index (χ3n) is 4.20. The average molecular weight is 282 g/mol. The van der Waals surface area contributed by atoms with Crippen molar-refractivity contribution >= 4 is 0 Å². The zero-order valence-electron chi connectivity index (χ0n) is 13.1. The van der Waals surface area contributed by atoms with Crippen LogP contribution in [0.3, 0.4) is 0 Å². The molecular weight excluding hydrogens is 260 g/mol. The molecule has 1 atom stereocenters. The van der Waals surface area contributed by atoms with E-state index >= 15 is 0 Å². The fourth-order valence-corrected chi connectivity index (χ4v) is 3.07. The van der Waals surface area contributed by atoms with Crippen LogP contribution in [-0.2, 0) is 5.41 Å². The molecule has 1 aliphatic rings. The number of hydrogen-bond donors (Lipinski definition) is 1. The van der Waals surface area contributed by atoms with Crippen molar-refractivity contribution in [2.24, 2.45) is 0 Å². The van der Waals surface area contributed by atoms with Crippen molar-refractivity contribution in [2.45, 2.75) is 39.2 Å². The van der Waals surface area contributed by atoms with Crippen LogP contribution >= 0.6 is 0 Å². The molecule has 0 spiro atoms. The van der Waals surface area contributed by atoms with Crippen LogP contribution in [0, 0.1) is 13.8 Å². The maximum atomic E-state index is 10.7. The maximum Gasteiger partial charge on any atom is 0.123 e. The van der Waals surface area contributed by atoms with Gasteiger partial charge in [0.15, 0.2) is 0 Å². The monoisotopic (exact) mass is 282 g/mol. The van der Waals surface area contributed by atoms with Crippen LogP contribution in [0.4, 0.5) is 0 Å². The molecule has 0 saturated carbocycles. The van der Waals surface area contributed by atoms with Crippen LogP contribution in [0.2, 0.25) is 0 Å². The van der Waals surface area contributed by atoms with E-state index < -0.39 is 6.10 Å². The molecule has 2 heteroatoms. The van der Waals surface area contributed by atoms with Gasteiger partial charge in [0.2, 0.25) is 0 Å². The lowest BCUT2D eigenvalue weighted by atomic mass is 9.85. The van der Waals surface area contributed by atoms with Crippen LogP contribution in [0.15, 0.2) is 36.4 Å². The zero-order valence-corrected chi connectivity index (χ0v) is 13.1. The molecule has 0 saturated heterocycles. The zero-order chi connectivity index (χ0) is 15.2. The van der Waals surface area contributed by atoms with E-state index in [-0.39, 0.29) is 5.41 Å². The summed E-state index contributed by atoms with van der Waals surface area (Å²) in [6, 6.07) is 12.2. The largest absolute Gasteiger partial charge is 0.492 e. The fraction of sp³-hybridized carbons (Fsp3) is 0.368. The summed E-state index contributed by atoms with van der Waals surface area (Å²) in [5.74, 6) is 0.941. The maximum absolute atomic E-state index is 10.7. The van der Waals surface area contributed by atoms with Crippen molar-refractivity contribution in [1.29, 1.82) is 0 Å². The van der Waals surface area contributed by atoms with Gasteiger partial charge in [0.05, 0.1) is 6.61 Å². The first kappa shape index (κ1) is 14.2. The summed E-state index contributed by atoms with van der Waals surface area (Å²) in [5.41, 5.74) is 5.42. The van der Waals surface area contributed by atoms with E-state index in [1.165, 1.54) is 16.7 Å². The molecule has 21 heavy (non-hydrogen) atoms. The lowest BCUT2D eigenvalue weighted by molar-refractivity contribution is 0.220. The first-order chi connectivity index (χ1) is 9.87. The van der Waals surface area contributed by atoms with Crippen molar-refractivity contribution in [3.05, 3.63) is 64.2 Å². The van der Waals surface area contributed by atoms with Crippen molar-refractivity contribution in [2.75, 3.05) is 6.61 Å². The fourth-order valence-electron chi connectivity index (χ4n) is 3.07. The molecule has 2 aromatic rings. The lowest BCUT2D eigenvalue weighted by Gasteiger charge is -2.18. The minimum absolute atomic E-state index is 0.00752. The van der Waals surface area contributed by atoms with Gasteiger partial charge in [-0.2, -0.15) is 0 Å². The minimum Gasteiger partial charge on any atom is -0.492 e. The number of fused-ring (bicyclic) bond motifs is 1. The second-order valence-corrected chi connectivity index (χ2v) is 6.75. The first-order valence-corrected chi connectivity index (χ1v) is 7.40. The van der Waals surface area contributed by atoms with E-state index in [9.17, 15) is 5.11 Å². The summed E-state index contributed by atoms with van der Waals surface area (Å²) in [4.78, 5) is 0. The van der Waals surface area contributed by atoms with Crippen molar-refractivity contribution in [1.82, 2.24) is 0 Å². The molecule has 0 bridgehead atoms. The summed E-state index contributed by atoms with van der Waals surface area (Å²) in [7, 11) is 0. The number of aryl methyl sites for hydroxylation is 2. The molecule has 110 valence electrons. The quantitative estimate of drug-likeness (QED) is 0.900. The second-order valence-electron chi connectivity index (χ2n) is 6.75. The molecule has 0 aliphatic carbocycles. The molecule has 0 amide bonds. The second kappa shape index (κ2) is 4.88. The number of rotatable bonds is 2. The van der Waals surface area contributed by atoms with Gasteiger partial charge in [-0.15, -0.1) is 0 Å². The Morgan fingerprint density at radius 1 is 1.00 bits per heavy atom. The van der Waals surface area contributed by atoms with E-state index in [0.717, 1.165) is 16.9 Å². The Kier molecular flexibility index (Phi) is 3.29. The van der Waals surface area contributed by atoms with Crippen LogP contribution in [0.1, 0.15) is 47.8 Å². The molecule has 2 nitrogen and oxygen atoms in total. The number of aliphatic hydroxyl groups excluding tert-OH is 1. The van der Waals surface area contributed by atoms with Crippen LogP contribution in [0.25, 0.3) is 0 Å². The standard InChI is InChI=1S/C19H22O2/c1-12-7-13(2)9-15(8-12)18(20)14-5-6-17-16(10-14)19(3,4)11-21-17/h5-10,18,20H,11H2,1-4H3. The summed E-state index contributed by atoms with van der Waals surface area (Å²) in [6.07, 6.45) is -0.592.